The minimum Gasteiger partial charge on any atom is -0.492 e. The van der Waals surface area contributed by atoms with Gasteiger partial charge in [-0.05, 0) is 30.3 Å². The van der Waals surface area contributed by atoms with Crippen molar-refractivity contribution >= 4 is 23.1 Å². The maximum absolute atomic E-state index is 14.2. The zero-order valence-electron chi connectivity index (χ0n) is 19.3. The summed E-state index contributed by atoms with van der Waals surface area (Å²) in [6, 6.07) is 12.4. The van der Waals surface area contributed by atoms with Crippen LogP contribution in [0.2, 0.25) is 0 Å². The lowest BCUT2D eigenvalue weighted by Crippen LogP contribution is -2.52. The van der Waals surface area contributed by atoms with Crippen LogP contribution >= 0.6 is 0 Å². The number of nitrogens with one attached hydrogen (secondary N) is 1. The SMILES string of the molecule is COc1c(F)cccc1Nc1cc(Cc2cccc(N3CC(OC)C3)n2)nc2c1C(=O)N(C)C2. The first-order valence-electron chi connectivity index (χ1n) is 11.1. The third-order valence-electron chi connectivity index (χ3n) is 6.20. The molecule has 9 heteroatoms. The molecule has 2 aromatic heterocycles. The van der Waals surface area contributed by atoms with E-state index in [2.05, 4.69) is 10.2 Å². The lowest BCUT2D eigenvalue weighted by molar-refractivity contribution is 0.0783. The second-order valence-electron chi connectivity index (χ2n) is 8.52. The van der Waals surface area contributed by atoms with E-state index >= 15 is 0 Å². The summed E-state index contributed by atoms with van der Waals surface area (Å²) in [5.41, 5.74) is 3.82. The molecular formula is C25H26FN5O3. The van der Waals surface area contributed by atoms with Gasteiger partial charge in [-0.15, -0.1) is 0 Å². The number of carbonyl (C=O) groups is 1. The predicted molar refractivity (Wildman–Crippen MR) is 126 cm³/mol. The quantitative estimate of drug-likeness (QED) is 0.575. The molecule has 0 unspecified atom stereocenters. The molecule has 1 N–H and O–H groups in total. The summed E-state index contributed by atoms with van der Waals surface area (Å²) in [5.74, 6) is 0.388. The Kier molecular flexibility index (Phi) is 5.79. The summed E-state index contributed by atoms with van der Waals surface area (Å²) in [5, 5.41) is 3.21. The highest BCUT2D eigenvalue weighted by Gasteiger charge is 2.31. The van der Waals surface area contributed by atoms with Crippen LogP contribution in [0.3, 0.4) is 0 Å². The summed E-state index contributed by atoms with van der Waals surface area (Å²) < 4.78 is 24.8. The van der Waals surface area contributed by atoms with Crippen LogP contribution in [0.25, 0.3) is 0 Å². The van der Waals surface area contributed by atoms with Crippen molar-refractivity contribution in [2.75, 3.05) is 44.6 Å². The van der Waals surface area contributed by atoms with Crippen molar-refractivity contribution < 1.29 is 18.7 Å². The Morgan fingerprint density at radius 2 is 1.88 bits per heavy atom. The first-order valence-corrected chi connectivity index (χ1v) is 11.1. The van der Waals surface area contributed by atoms with Gasteiger partial charge in [-0.1, -0.05) is 12.1 Å². The van der Waals surface area contributed by atoms with Gasteiger partial charge in [0, 0.05) is 45.1 Å². The first kappa shape index (κ1) is 22.1. The lowest BCUT2D eigenvalue weighted by Gasteiger charge is -2.39. The van der Waals surface area contributed by atoms with Crippen molar-refractivity contribution in [3.05, 3.63) is 70.9 Å². The van der Waals surface area contributed by atoms with Gasteiger partial charge in [0.25, 0.3) is 5.91 Å². The molecule has 0 spiro atoms. The molecule has 0 atom stereocenters. The standard InChI is InChI=1S/C25H26FN5O3/c1-30-14-21-23(25(30)32)20(29-19-8-5-7-18(26)24(19)34-3)11-16(27-21)10-15-6-4-9-22(28-15)31-12-17(13-31)33-2/h4-9,11,17H,10,12-14H2,1-3H3,(H,27,29). The highest BCUT2D eigenvalue weighted by molar-refractivity contribution is 6.03. The van der Waals surface area contributed by atoms with E-state index in [1.807, 2.05) is 24.3 Å². The van der Waals surface area contributed by atoms with Crippen molar-refractivity contribution in [2.45, 2.75) is 19.1 Å². The zero-order valence-corrected chi connectivity index (χ0v) is 19.3. The Morgan fingerprint density at radius 3 is 2.65 bits per heavy atom. The van der Waals surface area contributed by atoms with Crippen LogP contribution in [0.5, 0.6) is 5.75 Å². The molecule has 0 bridgehead atoms. The number of fused-ring (bicyclic) bond motifs is 1. The minimum absolute atomic E-state index is 0.0895. The smallest absolute Gasteiger partial charge is 0.257 e. The number of ether oxygens (including phenoxy) is 2. The number of benzene rings is 1. The third kappa shape index (κ3) is 4.03. The largest absolute Gasteiger partial charge is 0.492 e. The number of aromatic nitrogens is 2. The van der Waals surface area contributed by atoms with Crippen molar-refractivity contribution in [3.63, 3.8) is 0 Å². The Hall–Kier alpha value is -3.72. The molecule has 1 fully saturated rings. The van der Waals surface area contributed by atoms with E-state index in [-0.39, 0.29) is 17.8 Å². The van der Waals surface area contributed by atoms with E-state index in [1.54, 1.807) is 31.2 Å². The molecule has 2 aliphatic heterocycles. The summed E-state index contributed by atoms with van der Waals surface area (Å²) in [7, 11) is 4.87. The number of hydrogen-bond donors (Lipinski definition) is 1. The van der Waals surface area contributed by atoms with Crippen molar-refractivity contribution in [2.24, 2.45) is 0 Å². The number of anilines is 3. The maximum atomic E-state index is 14.2. The molecule has 176 valence electrons. The van der Waals surface area contributed by atoms with Gasteiger partial charge in [-0.25, -0.2) is 9.37 Å². The molecule has 0 aliphatic carbocycles. The summed E-state index contributed by atoms with van der Waals surface area (Å²) in [6.07, 6.45) is 0.738. The number of hydrogen-bond acceptors (Lipinski definition) is 7. The maximum Gasteiger partial charge on any atom is 0.257 e. The topological polar surface area (TPSA) is 79.8 Å². The van der Waals surface area contributed by atoms with Gasteiger partial charge < -0.3 is 24.6 Å². The fourth-order valence-corrected chi connectivity index (χ4v) is 4.35. The van der Waals surface area contributed by atoms with E-state index in [0.717, 1.165) is 30.3 Å². The normalized spacial score (nSPS) is 15.4. The van der Waals surface area contributed by atoms with E-state index < -0.39 is 5.82 Å². The van der Waals surface area contributed by atoms with Crippen LogP contribution in [-0.4, -0.2) is 61.2 Å². The second-order valence-corrected chi connectivity index (χ2v) is 8.52. The van der Waals surface area contributed by atoms with Gasteiger partial charge in [-0.2, -0.15) is 0 Å². The average molecular weight is 464 g/mol. The van der Waals surface area contributed by atoms with Crippen molar-refractivity contribution in [1.29, 1.82) is 0 Å². The molecule has 34 heavy (non-hydrogen) atoms. The fourth-order valence-electron chi connectivity index (χ4n) is 4.35. The van der Waals surface area contributed by atoms with E-state index in [9.17, 15) is 9.18 Å². The van der Waals surface area contributed by atoms with Gasteiger partial charge >= 0.3 is 0 Å². The van der Waals surface area contributed by atoms with Gasteiger partial charge in [-0.3, -0.25) is 9.78 Å². The highest BCUT2D eigenvalue weighted by Crippen LogP contribution is 2.35. The van der Waals surface area contributed by atoms with Gasteiger partial charge in [0.2, 0.25) is 0 Å². The summed E-state index contributed by atoms with van der Waals surface area (Å²) in [6.45, 7) is 2.06. The molecule has 5 rings (SSSR count). The Bertz CT molecular complexity index is 1250. The van der Waals surface area contributed by atoms with Crippen LogP contribution in [0, 0.1) is 5.82 Å². The van der Waals surface area contributed by atoms with Crippen LogP contribution < -0.4 is 15.0 Å². The van der Waals surface area contributed by atoms with Gasteiger partial charge in [0.1, 0.15) is 5.82 Å². The highest BCUT2D eigenvalue weighted by atomic mass is 19.1. The second kappa shape index (κ2) is 8.90. The average Bonchev–Trinajstić information content (AvgIpc) is 3.07. The monoisotopic (exact) mass is 463 g/mol. The number of halogens is 1. The molecule has 0 radical (unpaired) electrons. The Morgan fingerprint density at radius 1 is 1.09 bits per heavy atom. The summed E-state index contributed by atoms with van der Waals surface area (Å²) >= 11 is 0. The van der Waals surface area contributed by atoms with Crippen molar-refractivity contribution in [1.82, 2.24) is 14.9 Å². The molecular weight excluding hydrogens is 437 g/mol. The molecule has 1 saturated heterocycles. The van der Waals surface area contributed by atoms with Crippen LogP contribution in [0.4, 0.5) is 21.6 Å². The molecule has 1 amide bonds. The van der Waals surface area contributed by atoms with E-state index in [4.69, 9.17) is 19.4 Å². The lowest BCUT2D eigenvalue weighted by atomic mass is 10.1. The molecule has 3 aromatic rings. The van der Waals surface area contributed by atoms with E-state index in [0.29, 0.717) is 35.6 Å². The Labute approximate surface area is 197 Å². The third-order valence-corrected chi connectivity index (χ3v) is 6.20. The number of para-hydroxylation sites is 1. The number of pyridine rings is 2. The first-order chi connectivity index (χ1) is 16.5. The van der Waals surface area contributed by atoms with Crippen LogP contribution in [0.1, 0.15) is 27.4 Å². The molecule has 0 saturated carbocycles. The molecule has 1 aromatic carbocycles. The van der Waals surface area contributed by atoms with Gasteiger partial charge in [0.05, 0.1) is 42.4 Å². The summed E-state index contributed by atoms with van der Waals surface area (Å²) in [4.78, 5) is 26.2. The minimum atomic E-state index is -0.482. The van der Waals surface area contributed by atoms with Gasteiger partial charge in [0.15, 0.2) is 11.6 Å². The number of rotatable bonds is 7. The number of amides is 1. The number of carbonyl (C=O) groups excluding carboxylic acids is 1. The number of nitrogens with zero attached hydrogens (tertiary/aromatic N) is 4. The van der Waals surface area contributed by atoms with Crippen LogP contribution in [0.15, 0.2) is 42.5 Å². The number of methoxy groups -OCH3 is 2. The fraction of sp³-hybridized carbons (Fsp3) is 0.320. The Balaban J connectivity index is 1.46. The zero-order chi connectivity index (χ0) is 23.8. The molecule has 8 nitrogen and oxygen atoms in total. The predicted octanol–water partition coefficient (Wildman–Crippen LogP) is 3.38. The van der Waals surface area contributed by atoms with Crippen molar-refractivity contribution in [3.8, 4) is 5.75 Å². The van der Waals surface area contributed by atoms with E-state index in [1.165, 1.54) is 13.2 Å². The molecule has 2 aliphatic rings. The van der Waals surface area contributed by atoms with Crippen LogP contribution in [-0.2, 0) is 17.7 Å². The molecule has 4 heterocycles.